The van der Waals surface area contributed by atoms with E-state index >= 15 is 0 Å². The van der Waals surface area contributed by atoms with E-state index in [4.69, 9.17) is 0 Å². The van der Waals surface area contributed by atoms with Crippen molar-refractivity contribution >= 4 is 11.9 Å². The molecule has 1 atom stereocenters. The van der Waals surface area contributed by atoms with Crippen LogP contribution in [0.4, 0.5) is 0 Å². The molecule has 0 aromatic heterocycles. The third-order valence-electron chi connectivity index (χ3n) is 2.76. The van der Waals surface area contributed by atoms with Crippen LogP contribution < -0.4 is 10.6 Å². The molecule has 1 unspecified atom stereocenters. The third kappa shape index (κ3) is 3.20. The summed E-state index contributed by atoms with van der Waals surface area (Å²) in [6, 6.07) is 0. The minimum absolute atomic E-state index is 0.0106. The molecule has 1 fully saturated rings. The van der Waals surface area contributed by atoms with Crippen LogP contribution in [0.1, 0.15) is 19.8 Å². The highest BCUT2D eigenvalue weighted by molar-refractivity contribution is 5.83. The summed E-state index contributed by atoms with van der Waals surface area (Å²) in [4.78, 5) is 22.5. The van der Waals surface area contributed by atoms with Gasteiger partial charge in [0, 0.05) is 13.1 Å². The van der Waals surface area contributed by atoms with Gasteiger partial charge >= 0.3 is 5.97 Å². The van der Waals surface area contributed by atoms with Gasteiger partial charge in [0.05, 0.1) is 18.9 Å². The van der Waals surface area contributed by atoms with Gasteiger partial charge in [-0.3, -0.25) is 9.59 Å². The van der Waals surface area contributed by atoms with Crippen molar-refractivity contribution in [3.8, 4) is 0 Å². The summed E-state index contributed by atoms with van der Waals surface area (Å²) in [5, 5.41) is 5.90. The molecule has 1 aliphatic heterocycles. The quantitative estimate of drug-likeness (QED) is 0.629. The fourth-order valence-corrected chi connectivity index (χ4v) is 1.60. The van der Waals surface area contributed by atoms with Gasteiger partial charge in [0.25, 0.3) is 0 Å². The number of esters is 1. The fourth-order valence-electron chi connectivity index (χ4n) is 1.60. The molecule has 15 heavy (non-hydrogen) atoms. The highest BCUT2D eigenvalue weighted by Gasteiger charge is 2.35. The Kier molecular flexibility index (Phi) is 4.08. The molecule has 0 aliphatic carbocycles. The Bertz CT molecular complexity index is 247. The van der Waals surface area contributed by atoms with E-state index in [1.165, 1.54) is 7.11 Å². The molecule has 86 valence electrons. The summed E-state index contributed by atoms with van der Waals surface area (Å²) in [6.45, 7) is 3.86. The van der Waals surface area contributed by atoms with Crippen molar-refractivity contribution in [2.24, 2.45) is 5.41 Å². The molecule has 1 heterocycles. The van der Waals surface area contributed by atoms with Crippen LogP contribution in [0.25, 0.3) is 0 Å². The van der Waals surface area contributed by atoms with Crippen LogP contribution in [0, 0.1) is 5.41 Å². The topological polar surface area (TPSA) is 67.4 Å². The number of nitrogens with one attached hydrogen (secondary N) is 2. The van der Waals surface area contributed by atoms with E-state index in [1.807, 2.05) is 6.92 Å². The lowest BCUT2D eigenvalue weighted by atomic mass is 9.89. The molecule has 1 aliphatic rings. The molecule has 5 heteroatoms. The van der Waals surface area contributed by atoms with Crippen LogP contribution >= 0.6 is 0 Å². The predicted octanol–water partition coefficient (Wildman–Crippen LogP) is -0.335. The van der Waals surface area contributed by atoms with Gasteiger partial charge in [-0.2, -0.15) is 0 Å². The Hall–Kier alpha value is -1.10. The molecule has 0 aromatic carbocycles. The Morgan fingerprint density at radius 1 is 1.53 bits per heavy atom. The summed E-state index contributed by atoms with van der Waals surface area (Å²) in [6.07, 6.45) is 1.07. The van der Waals surface area contributed by atoms with E-state index < -0.39 is 0 Å². The Balaban J connectivity index is 2.26. The van der Waals surface area contributed by atoms with Crippen LogP contribution in [0.5, 0.6) is 0 Å². The summed E-state index contributed by atoms with van der Waals surface area (Å²) in [5.74, 6) is -0.290. The first-order chi connectivity index (χ1) is 7.08. The molecule has 5 nitrogen and oxygen atoms in total. The monoisotopic (exact) mass is 214 g/mol. The van der Waals surface area contributed by atoms with Crippen molar-refractivity contribution in [1.29, 1.82) is 0 Å². The lowest BCUT2D eigenvalue weighted by Crippen LogP contribution is -2.41. The van der Waals surface area contributed by atoms with E-state index in [0.717, 1.165) is 13.0 Å². The maximum Gasteiger partial charge on any atom is 0.307 e. The number of methoxy groups -OCH3 is 1. The number of carbonyl (C=O) groups is 2. The molecule has 1 amide bonds. The van der Waals surface area contributed by atoms with E-state index in [2.05, 4.69) is 15.4 Å². The number of amides is 1. The maximum absolute atomic E-state index is 11.7. The normalized spacial score (nSPS) is 24.9. The van der Waals surface area contributed by atoms with Gasteiger partial charge < -0.3 is 15.4 Å². The van der Waals surface area contributed by atoms with Gasteiger partial charge in [0.2, 0.25) is 5.91 Å². The largest absolute Gasteiger partial charge is 0.469 e. The van der Waals surface area contributed by atoms with E-state index in [0.29, 0.717) is 13.1 Å². The second kappa shape index (κ2) is 5.11. The zero-order chi connectivity index (χ0) is 11.3. The minimum atomic E-state index is -0.323. The van der Waals surface area contributed by atoms with Crippen LogP contribution in [0.3, 0.4) is 0 Å². The zero-order valence-electron chi connectivity index (χ0n) is 9.26. The second-order valence-corrected chi connectivity index (χ2v) is 4.07. The van der Waals surface area contributed by atoms with Crippen LogP contribution in [0.15, 0.2) is 0 Å². The fraction of sp³-hybridized carbons (Fsp3) is 0.800. The smallest absolute Gasteiger partial charge is 0.307 e. The summed E-state index contributed by atoms with van der Waals surface area (Å²) in [5.41, 5.74) is -0.323. The number of rotatable bonds is 4. The van der Waals surface area contributed by atoms with E-state index in [-0.39, 0.29) is 23.7 Å². The average Bonchev–Trinajstić information content (AvgIpc) is 2.66. The van der Waals surface area contributed by atoms with Crippen molar-refractivity contribution in [3.63, 3.8) is 0 Å². The number of hydrogen-bond acceptors (Lipinski definition) is 4. The lowest BCUT2D eigenvalue weighted by Gasteiger charge is -2.21. The molecule has 0 bridgehead atoms. The van der Waals surface area contributed by atoms with Crippen molar-refractivity contribution in [3.05, 3.63) is 0 Å². The van der Waals surface area contributed by atoms with Crippen molar-refractivity contribution in [2.75, 3.05) is 26.7 Å². The summed E-state index contributed by atoms with van der Waals surface area (Å²) < 4.78 is 4.48. The molecule has 0 radical (unpaired) electrons. The molecular weight excluding hydrogens is 196 g/mol. The SMILES string of the molecule is COC(=O)CCNC(=O)C1(C)CCNC1. The molecule has 0 aromatic rings. The lowest BCUT2D eigenvalue weighted by molar-refractivity contribution is -0.140. The van der Waals surface area contributed by atoms with Crippen molar-refractivity contribution in [2.45, 2.75) is 19.8 Å². The van der Waals surface area contributed by atoms with Crippen LogP contribution in [-0.2, 0) is 14.3 Å². The molecule has 2 N–H and O–H groups in total. The van der Waals surface area contributed by atoms with Crippen molar-refractivity contribution in [1.82, 2.24) is 10.6 Å². The number of hydrogen-bond donors (Lipinski definition) is 2. The van der Waals surface area contributed by atoms with E-state index in [1.54, 1.807) is 0 Å². The summed E-state index contributed by atoms with van der Waals surface area (Å²) >= 11 is 0. The van der Waals surface area contributed by atoms with Gasteiger partial charge in [-0.25, -0.2) is 0 Å². The average molecular weight is 214 g/mol. The minimum Gasteiger partial charge on any atom is -0.469 e. The van der Waals surface area contributed by atoms with Gasteiger partial charge in [0.15, 0.2) is 0 Å². The Labute approximate surface area is 89.6 Å². The van der Waals surface area contributed by atoms with Gasteiger partial charge in [-0.15, -0.1) is 0 Å². The number of ether oxygens (including phenoxy) is 1. The predicted molar refractivity (Wildman–Crippen MR) is 55.2 cm³/mol. The zero-order valence-corrected chi connectivity index (χ0v) is 9.26. The van der Waals surface area contributed by atoms with Gasteiger partial charge in [-0.05, 0) is 19.9 Å². The molecule has 0 spiro atoms. The number of carbonyl (C=O) groups excluding carboxylic acids is 2. The Morgan fingerprint density at radius 3 is 2.80 bits per heavy atom. The van der Waals surface area contributed by atoms with E-state index in [9.17, 15) is 9.59 Å². The highest BCUT2D eigenvalue weighted by Crippen LogP contribution is 2.24. The van der Waals surface area contributed by atoms with Crippen LogP contribution in [-0.4, -0.2) is 38.6 Å². The first kappa shape index (κ1) is 12.0. The standard InChI is InChI=1S/C10H18N2O3/c1-10(4-6-11-7-10)9(14)12-5-3-8(13)15-2/h11H,3-7H2,1-2H3,(H,12,14). The molecule has 1 rings (SSSR count). The Morgan fingerprint density at radius 2 is 2.27 bits per heavy atom. The molecular formula is C10H18N2O3. The first-order valence-electron chi connectivity index (χ1n) is 5.14. The highest BCUT2D eigenvalue weighted by atomic mass is 16.5. The summed E-state index contributed by atoms with van der Waals surface area (Å²) in [7, 11) is 1.34. The first-order valence-corrected chi connectivity index (χ1v) is 5.14. The van der Waals surface area contributed by atoms with Gasteiger partial charge in [-0.1, -0.05) is 0 Å². The molecule has 1 saturated heterocycles. The van der Waals surface area contributed by atoms with Crippen LogP contribution in [0.2, 0.25) is 0 Å². The maximum atomic E-state index is 11.7. The third-order valence-corrected chi connectivity index (χ3v) is 2.76. The van der Waals surface area contributed by atoms with Crippen molar-refractivity contribution < 1.29 is 14.3 Å². The molecule has 0 saturated carbocycles. The second-order valence-electron chi connectivity index (χ2n) is 4.07. The van der Waals surface area contributed by atoms with Gasteiger partial charge in [0.1, 0.15) is 0 Å².